The zero-order valence-corrected chi connectivity index (χ0v) is 10.9. The average molecular weight is 241 g/mol. The summed E-state index contributed by atoms with van der Waals surface area (Å²) in [6.07, 6.45) is 6.03. The van der Waals surface area contributed by atoms with Crippen molar-refractivity contribution in [1.82, 2.24) is 9.55 Å². The van der Waals surface area contributed by atoms with Crippen molar-refractivity contribution < 1.29 is 0 Å². The van der Waals surface area contributed by atoms with E-state index in [0.29, 0.717) is 5.92 Å². The van der Waals surface area contributed by atoms with Gasteiger partial charge in [-0.25, -0.2) is 4.98 Å². The first kappa shape index (κ1) is 11.5. The molecule has 3 heteroatoms. The second kappa shape index (κ2) is 3.95. The summed E-state index contributed by atoms with van der Waals surface area (Å²) in [5.74, 6) is 0.539. The lowest BCUT2D eigenvalue weighted by molar-refractivity contribution is 0.713. The van der Waals surface area contributed by atoms with Crippen LogP contribution in [0.5, 0.6) is 0 Å². The molecule has 1 aliphatic carbocycles. The van der Waals surface area contributed by atoms with E-state index in [1.165, 1.54) is 5.56 Å². The van der Waals surface area contributed by atoms with Gasteiger partial charge in [-0.2, -0.15) is 0 Å². The van der Waals surface area contributed by atoms with Crippen LogP contribution in [0.2, 0.25) is 0 Å². The SMILES string of the molecule is CC(C)c1cccc(-n2cnc(C3(N)CC3)c2)c1. The molecule has 1 aliphatic rings. The highest BCUT2D eigenvalue weighted by Gasteiger charge is 2.42. The van der Waals surface area contributed by atoms with Crippen molar-refractivity contribution in [3.05, 3.63) is 48.0 Å². The molecular formula is C15H19N3. The van der Waals surface area contributed by atoms with Gasteiger partial charge < -0.3 is 10.3 Å². The predicted octanol–water partition coefficient (Wildman–Crippen LogP) is 2.94. The summed E-state index contributed by atoms with van der Waals surface area (Å²) in [6.45, 7) is 4.41. The molecule has 18 heavy (non-hydrogen) atoms. The van der Waals surface area contributed by atoms with Crippen molar-refractivity contribution in [3.8, 4) is 5.69 Å². The molecular weight excluding hydrogens is 222 g/mol. The number of hydrogen-bond donors (Lipinski definition) is 1. The van der Waals surface area contributed by atoms with Gasteiger partial charge in [-0.3, -0.25) is 0 Å². The molecule has 1 aromatic heterocycles. The van der Waals surface area contributed by atoms with Crippen LogP contribution in [0.4, 0.5) is 0 Å². The standard InChI is InChI=1S/C15H19N3/c1-11(2)12-4-3-5-13(8-12)18-9-14(17-10-18)15(16)6-7-15/h3-5,8-11H,6-7,16H2,1-2H3. The van der Waals surface area contributed by atoms with Gasteiger partial charge in [0, 0.05) is 11.9 Å². The Bertz CT molecular complexity index is 565. The maximum atomic E-state index is 6.16. The molecule has 2 aromatic rings. The number of imidazole rings is 1. The van der Waals surface area contributed by atoms with Crippen molar-refractivity contribution in [2.24, 2.45) is 5.73 Å². The first-order valence-corrected chi connectivity index (χ1v) is 6.52. The van der Waals surface area contributed by atoms with Crippen LogP contribution in [0, 0.1) is 0 Å². The molecule has 94 valence electrons. The van der Waals surface area contributed by atoms with E-state index in [2.05, 4.69) is 53.9 Å². The highest BCUT2D eigenvalue weighted by molar-refractivity contribution is 5.38. The van der Waals surface area contributed by atoms with Gasteiger partial charge in [0.2, 0.25) is 0 Å². The number of hydrogen-bond acceptors (Lipinski definition) is 2. The van der Waals surface area contributed by atoms with Crippen LogP contribution in [-0.2, 0) is 5.54 Å². The van der Waals surface area contributed by atoms with Crippen molar-refractivity contribution in [2.45, 2.75) is 38.1 Å². The molecule has 0 amide bonds. The molecule has 0 radical (unpaired) electrons. The van der Waals surface area contributed by atoms with E-state index < -0.39 is 0 Å². The van der Waals surface area contributed by atoms with Crippen LogP contribution < -0.4 is 5.73 Å². The van der Waals surface area contributed by atoms with Crippen LogP contribution in [0.15, 0.2) is 36.8 Å². The molecule has 2 N–H and O–H groups in total. The third-order valence-corrected chi connectivity index (χ3v) is 3.72. The molecule has 0 unspecified atom stereocenters. The van der Waals surface area contributed by atoms with Crippen LogP contribution in [0.3, 0.4) is 0 Å². The second-order valence-electron chi connectivity index (χ2n) is 5.57. The lowest BCUT2D eigenvalue weighted by atomic mass is 10.0. The van der Waals surface area contributed by atoms with E-state index in [4.69, 9.17) is 5.73 Å². The molecule has 1 heterocycles. The first-order valence-electron chi connectivity index (χ1n) is 6.52. The first-order chi connectivity index (χ1) is 8.58. The number of aromatic nitrogens is 2. The van der Waals surface area contributed by atoms with Gasteiger partial charge in [-0.05, 0) is 36.5 Å². The molecule has 3 rings (SSSR count). The van der Waals surface area contributed by atoms with Gasteiger partial charge in [0.15, 0.2) is 0 Å². The summed E-state index contributed by atoms with van der Waals surface area (Å²) < 4.78 is 2.06. The van der Waals surface area contributed by atoms with Gasteiger partial charge in [-0.15, -0.1) is 0 Å². The molecule has 3 nitrogen and oxygen atoms in total. The molecule has 0 aliphatic heterocycles. The Morgan fingerprint density at radius 1 is 1.33 bits per heavy atom. The molecule has 0 bridgehead atoms. The fraction of sp³-hybridized carbons (Fsp3) is 0.400. The Hall–Kier alpha value is -1.61. The predicted molar refractivity (Wildman–Crippen MR) is 72.8 cm³/mol. The summed E-state index contributed by atoms with van der Waals surface area (Å²) in [4.78, 5) is 4.44. The zero-order chi connectivity index (χ0) is 12.8. The van der Waals surface area contributed by atoms with Crippen LogP contribution in [0.25, 0.3) is 5.69 Å². The maximum Gasteiger partial charge on any atom is 0.0996 e. The zero-order valence-electron chi connectivity index (χ0n) is 10.9. The maximum absolute atomic E-state index is 6.16. The Balaban J connectivity index is 1.94. The topological polar surface area (TPSA) is 43.8 Å². The van der Waals surface area contributed by atoms with Crippen molar-refractivity contribution in [3.63, 3.8) is 0 Å². The lowest BCUT2D eigenvalue weighted by Crippen LogP contribution is -2.18. The summed E-state index contributed by atoms with van der Waals surface area (Å²) in [6, 6.07) is 8.58. The molecule has 1 saturated carbocycles. The monoisotopic (exact) mass is 241 g/mol. The molecule has 0 atom stereocenters. The molecule has 1 fully saturated rings. The normalized spacial score (nSPS) is 17.1. The smallest absolute Gasteiger partial charge is 0.0996 e. The van der Waals surface area contributed by atoms with Gasteiger partial charge in [0.25, 0.3) is 0 Å². The Morgan fingerprint density at radius 2 is 2.11 bits per heavy atom. The highest BCUT2D eigenvalue weighted by Crippen LogP contribution is 2.41. The Kier molecular flexibility index (Phi) is 2.52. The van der Waals surface area contributed by atoms with E-state index in [0.717, 1.165) is 24.2 Å². The van der Waals surface area contributed by atoms with Gasteiger partial charge in [0.05, 0.1) is 17.6 Å². The minimum absolute atomic E-state index is 0.152. The van der Waals surface area contributed by atoms with E-state index in [1.54, 1.807) is 0 Å². The van der Waals surface area contributed by atoms with Crippen LogP contribution >= 0.6 is 0 Å². The quantitative estimate of drug-likeness (QED) is 0.897. The summed E-state index contributed by atoms with van der Waals surface area (Å²) in [5, 5.41) is 0. The molecule has 1 aromatic carbocycles. The van der Waals surface area contributed by atoms with Crippen molar-refractivity contribution >= 4 is 0 Å². The third kappa shape index (κ3) is 1.95. The van der Waals surface area contributed by atoms with E-state index in [-0.39, 0.29) is 5.54 Å². The fourth-order valence-corrected chi connectivity index (χ4v) is 2.16. The second-order valence-corrected chi connectivity index (χ2v) is 5.57. The van der Waals surface area contributed by atoms with Crippen LogP contribution in [-0.4, -0.2) is 9.55 Å². The van der Waals surface area contributed by atoms with Crippen LogP contribution in [0.1, 0.15) is 43.9 Å². The number of benzene rings is 1. The Morgan fingerprint density at radius 3 is 2.78 bits per heavy atom. The summed E-state index contributed by atoms with van der Waals surface area (Å²) >= 11 is 0. The van der Waals surface area contributed by atoms with E-state index in [9.17, 15) is 0 Å². The van der Waals surface area contributed by atoms with Gasteiger partial charge in [0.1, 0.15) is 0 Å². The van der Waals surface area contributed by atoms with E-state index in [1.807, 2.05) is 6.33 Å². The lowest BCUT2D eigenvalue weighted by Gasteiger charge is -2.08. The van der Waals surface area contributed by atoms with Crippen molar-refractivity contribution in [1.29, 1.82) is 0 Å². The summed E-state index contributed by atoms with van der Waals surface area (Å²) in [7, 11) is 0. The van der Waals surface area contributed by atoms with Crippen molar-refractivity contribution in [2.75, 3.05) is 0 Å². The highest BCUT2D eigenvalue weighted by atomic mass is 15.1. The minimum atomic E-state index is -0.152. The van der Waals surface area contributed by atoms with Gasteiger partial charge >= 0.3 is 0 Å². The fourth-order valence-electron chi connectivity index (χ4n) is 2.16. The largest absolute Gasteiger partial charge is 0.320 e. The average Bonchev–Trinajstić information content (AvgIpc) is 2.94. The third-order valence-electron chi connectivity index (χ3n) is 3.72. The number of rotatable bonds is 3. The summed E-state index contributed by atoms with van der Waals surface area (Å²) in [5.41, 5.74) is 9.52. The molecule has 0 spiro atoms. The minimum Gasteiger partial charge on any atom is -0.320 e. The Labute approximate surface area is 108 Å². The van der Waals surface area contributed by atoms with E-state index >= 15 is 0 Å². The molecule has 0 saturated heterocycles. The number of nitrogens with two attached hydrogens (primary N) is 1. The number of nitrogens with zero attached hydrogens (tertiary/aromatic N) is 2. The van der Waals surface area contributed by atoms with Gasteiger partial charge in [-0.1, -0.05) is 26.0 Å².